The molecule has 0 radical (unpaired) electrons. The van der Waals surface area contributed by atoms with E-state index >= 15 is 0 Å². The Hall–Kier alpha value is -0.0800. The lowest BCUT2D eigenvalue weighted by Crippen LogP contribution is -2.27. The lowest BCUT2D eigenvalue weighted by molar-refractivity contribution is 0.0268. The van der Waals surface area contributed by atoms with Gasteiger partial charge in [-0.2, -0.15) is 0 Å². The first kappa shape index (κ1) is 13.0. The fourth-order valence-electron chi connectivity index (χ4n) is 2.52. The lowest BCUT2D eigenvalue weighted by atomic mass is 9.90. The number of ether oxygens (including phenoxy) is 1. The molecule has 1 heterocycles. The van der Waals surface area contributed by atoms with E-state index in [0.717, 1.165) is 25.9 Å². The highest BCUT2D eigenvalue weighted by Gasteiger charge is 2.31. The second-order valence-corrected chi connectivity index (χ2v) is 4.69. The fraction of sp³-hybridized carbons (Fsp3) is 1.00. The van der Waals surface area contributed by atoms with Crippen molar-refractivity contribution in [1.29, 1.82) is 0 Å². The van der Waals surface area contributed by atoms with Gasteiger partial charge in [-0.25, -0.2) is 0 Å². The van der Waals surface area contributed by atoms with Crippen LogP contribution in [0, 0.1) is 5.92 Å². The van der Waals surface area contributed by atoms with Crippen molar-refractivity contribution in [3.63, 3.8) is 0 Å². The first-order chi connectivity index (χ1) is 7.29. The third-order valence-electron chi connectivity index (χ3n) is 3.51. The highest BCUT2D eigenvalue weighted by Crippen LogP contribution is 2.28. The molecule has 0 spiro atoms. The molecule has 0 aromatic heterocycles. The maximum absolute atomic E-state index is 10.1. The standard InChI is InChI=1S/C13H26O2/c1-3-5-6-7-8-12(14)11-9-10-15-13(11)4-2/h11-14H,3-10H2,1-2H3. The zero-order valence-corrected chi connectivity index (χ0v) is 10.2. The van der Waals surface area contributed by atoms with Crippen LogP contribution in [0.1, 0.15) is 58.8 Å². The van der Waals surface area contributed by atoms with E-state index in [4.69, 9.17) is 4.74 Å². The minimum absolute atomic E-state index is 0.130. The molecule has 1 aliphatic rings. The van der Waals surface area contributed by atoms with Crippen LogP contribution in [0.5, 0.6) is 0 Å². The van der Waals surface area contributed by atoms with E-state index in [9.17, 15) is 5.11 Å². The smallest absolute Gasteiger partial charge is 0.0626 e. The van der Waals surface area contributed by atoms with Crippen molar-refractivity contribution in [3.8, 4) is 0 Å². The Morgan fingerprint density at radius 1 is 1.27 bits per heavy atom. The van der Waals surface area contributed by atoms with Gasteiger partial charge in [-0.05, 0) is 19.3 Å². The van der Waals surface area contributed by atoms with Gasteiger partial charge in [-0.1, -0.05) is 39.5 Å². The molecule has 1 fully saturated rings. The van der Waals surface area contributed by atoms with E-state index in [1.807, 2.05) is 0 Å². The van der Waals surface area contributed by atoms with Crippen molar-refractivity contribution >= 4 is 0 Å². The molecule has 2 heteroatoms. The van der Waals surface area contributed by atoms with Crippen molar-refractivity contribution in [2.75, 3.05) is 6.61 Å². The van der Waals surface area contributed by atoms with Crippen molar-refractivity contribution in [2.45, 2.75) is 71.0 Å². The number of hydrogen-bond donors (Lipinski definition) is 1. The molecular weight excluding hydrogens is 188 g/mol. The maximum Gasteiger partial charge on any atom is 0.0626 e. The molecule has 0 bridgehead atoms. The molecule has 0 aliphatic carbocycles. The molecular formula is C13H26O2. The Morgan fingerprint density at radius 3 is 2.73 bits per heavy atom. The first-order valence-electron chi connectivity index (χ1n) is 6.59. The van der Waals surface area contributed by atoms with Gasteiger partial charge in [0.05, 0.1) is 12.2 Å². The normalized spacial score (nSPS) is 28.2. The molecule has 1 N–H and O–H groups in total. The molecule has 0 aromatic carbocycles. The van der Waals surface area contributed by atoms with Crippen LogP contribution in [0.3, 0.4) is 0 Å². The number of aliphatic hydroxyl groups excluding tert-OH is 1. The summed E-state index contributed by atoms with van der Waals surface area (Å²) >= 11 is 0. The quantitative estimate of drug-likeness (QED) is 0.660. The summed E-state index contributed by atoms with van der Waals surface area (Å²) in [6.07, 6.45) is 8.22. The van der Waals surface area contributed by atoms with Gasteiger partial charge < -0.3 is 9.84 Å². The average molecular weight is 214 g/mol. The van der Waals surface area contributed by atoms with Gasteiger partial charge in [0.25, 0.3) is 0 Å². The molecule has 0 aromatic rings. The van der Waals surface area contributed by atoms with Crippen LogP contribution >= 0.6 is 0 Å². The van der Waals surface area contributed by atoms with Gasteiger partial charge >= 0.3 is 0 Å². The van der Waals surface area contributed by atoms with Crippen molar-refractivity contribution in [2.24, 2.45) is 5.92 Å². The fourth-order valence-corrected chi connectivity index (χ4v) is 2.52. The molecule has 90 valence electrons. The summed E-state index contributed by atoms with van der Waals surface area (Å²) in [6, 6.07) is 0. The number of unbranched alkanes of at least 4 members (excludes halogenated alkanes) is 3. The summed E-state index contributed by atoms with van der Waals surface area (Å²) in [6.45, 7) is 5.20. The Labute approximate surface area is 94.0 Å². The van der Waals surface area contributed by atoms with Gasteiger partial charge in [0.15, 0.2) is 0 Å². The summed E-state index contributed by atoms with van der Waals surface area (Å²) in [5.41, 5.74) is 0. The second kappa shape index (κ2) is 7.24. The third kappa shape index (κ3) is 4.12. The zero-order chi connectivity index (χ0) is 11.1. The molecule has 3 atom stereocenters. The zero-order valence-electron chi connectivity index (χ0n) is 10.2. The minimum Gasteiger partial charge on any atom is -0.393 e. The molecule has 0 amide bonds. The number of aliphatic hydroxyl groups is 1. The van der Waals surface area contributed by atoms with Gasteiger partial charge in [0, 0.05) is 12.5 Å². The van der Waals surface area contributed by atoms with Gasteiger partial charge in [0.2, 0.25) is 0 Å². The third-order valence-corrected chi connectivity index (χ3v) is 3.51. The Balaban J connectivity index is 2.17. The summed E-state index contributed by atoms with van der Waals surface area (Å²) in [7, 11) is 0. The Bertz CT molecular complexity index is 159. The van der Waals surface area contributed by atoms with Crippen LogP contribution in [0.25, 0.3) is 0 Å². The predicted octanol–water partition coefficient (Wildman–Crippen LogP) is 3.13. The molecule has 3 unspecified atom stereocenters. The first-order valence-corrected chi connectivity index (χ1v) is 6.59. The van der Waals surface area contributed by atoms with Crippen LogP contribution in [0.4, 0.5) is 0 Å². The van der Waals surface area contributed by atoms with E-state index in [-0.39, 0.29) is 6.10 Å². The van der Waals surface area contributed by atoms with E-state index in [1.165, 1.54) is 25.7 Å². The second-order valence-electron chi connectivity index (χ2n) is 4.69. The van der Waals surface area contributed by atoms with Gasteiger partial charge in [-0.15, -0.1) is 0 Å². The van der Waals surface area contributed by atoms with Crippen LogP contribution < -0.4 is 0 Å². The van der Waals surface area contributed by atoms with Gasteiger partial charge in [0.1, 0.15) is 0 Å². The molecule has 1 rings (SSSR count). The SMILES string of the molecule is CCCCCCC(O)C1CCOC1CC. The number of hydrogen-bond acceptors (Lipinski definition) is 2. The van der Waals surface area contributed by atoms with Crippen LogP contribution in [0.15, 0.2) is 0 Å². The molecule has 15 heavy (non-hydrogen) atoms. The van der Waals surface area contributed by atoms with Crippen molar-refractivity contribution in [1.82, 2.24) is 0 Å². The molecule has 1 saturated heterocycles. The topological polar surface area (TPSA) is 29.5 Å². The summed E-state index contributed by atoms with van der Waals surface area (Å²) in [5.74, 6) is 0.400. The van der Waals surface area contributed by atoms with Gasteiger partial charge in [-0.3, -0.25) is 0 Å². The van der Waals surface area contributed by atoms with Crippen LogP contribution in [-0.2, 0) is 4.74 Å². The largest absolute Gasteiger partial charge is 0.393 e. The summed E-state index contributed by atoms with van der Waals surface area (Å²) < 4.78 is 5.60. The van der Waals surface area contributed by atoms with E-state index in [1.54, 1.807) is 0 Å². The lowest BCUT2D eigenvalue weighted by Gasteiger charge is -2.22. The monoisotopic (exact) mass is 214 g/mol. The highest BCUT2D eigenvalue weighted by molar-refractivity contribution is 4.81. The summed E-state index contributed by atoms with van der Waals surface area (Å²) in [4.78, 5) is 0. The van der Waals surface area contributed by atoms with E-state index in [2.05, 4.69) is 13.8 Å². The molecule has 2 nitrogen and oxygen atoms in total. The molecule has 0 saturated carbocycles. The van der Waals surface area contributed by atoms with E-state index < -0.39 is 0 Å². The maximum atomic E-state index is 10.1. The van der Waals surface area contributed by atoms with Crippen molar-refractivity contribution < 1.29 is 9.84 Å². The minimum atomic E-state index is -0.130. The highest BCUT2D eigenvalue weighted by atomic mass is 16.5. The Morgan fingerprint density at radius 2 is 2.07 bits per heavy atom. The predicted molar refractivity (Wildman–Crippen MR) is 62.9 cm³/mol. The summed E-state index contributed by atoms with van der Waals surface area (Å²) in [5, 5.41) is 10.1. The Kier molecular flexibility index (Phi) is 6.26. The average Bonchev–Trinajstić information content (AvgIpc) is 2.72. The number of rotatable bonds is 7. The molecule has 1 aliphatic heterocycles. The van der Waals surface area contributed by atoms with Crippen LogP contribution in [-0.4, -0.2) is 23.9 Å². The van der Waals surface area contributed by atoms with Crippen LogP contribution in [0.2, 0.25) is 0 Å². The van der Waals surface area contributed by atoms with E-state index in [0.29, 0.717) is 12.0 Å². The van der Waals surface area contributed by atoms with Crippen molar-refractivity contribution in [3.05, 3.63) is 0 Å².